The number of rotatable bonds is 4. The first-order valence-corrected chi connectivity index (χ1v) is 8.99. The van der Waals surface area contributed by atoms with Crippen LogP contribution in [0.4, 0.5) is 4.39 Å². The number of fused-ring (bicyclic) bond motifs is 1. The Morgan fingerprint density at radius 3 is 2.68 bits per heavy atom. The van der Waals surface area contributed by atoms with Crippen LogP contribution in [0.1, 0.15) is 50.0 Å². The lowest BCUT2D eigenvalue weighted by Crippen LogP contribution is -2.26. The quantitative estimate of drug-likeness (QED) is 0.893. The number of hydrogen-bond donors (Lipinski definition) is 2. The Bertz CT molecular complexity index is 762. The standard InChI is InChI=1S/C19H27FN4O/c1-11-4-6-12(7-5-11)17(21)19-22-14-9-8-13(10-15(25)24(2)3)16(20)18(14)23-19/h8-9,11-12,17H,4-7,10,21H2,1-3H3,(H,22,23)/t11?,12?,17-/m0/s1. The highest BCUT2D eigenvalue weighted by molar-refractivity contribution is 5.82. The maximum absolute atomic E-state index is 14.8. The third-order valence-electron chi connectivity index (χ3n) is 5.42. The molecule has 1 aliphatic rings. The van der Waals surface area contributed by atoms with E-state index in [0.29, 0.717) is 22.8 Å². The van der Waals surface area contributed by atoms with E-state index in [4.69, 9.17) is 5.73 Å². The molecule has 0 bridgehead atoms. The van der Waals surface area contributed by atoms with Gasteiger partial charge in [0.2, 0.25) is 5.91 Å². The predicted octanol–water partition coefficient (Wildman–Crippen LogP) is 3.16. The van der Waals surface area contributed by atoms with Gasteiger partial charge in [0.15, 0.2) is 5.82 Å². The summed E-state index contributed by atoms with van der Waals surface area (Å²) in [5, 5.41) is 0. The number of H-pyrrole nitrogens is 1. The van der Waals surface area contributed by atoms with Crippen LogP contribution in [-0.2, 0) is 11.2 Å². The van der Waals surface area contributed by atoms with Crippen LogP contribution in [0.3, 0.4) is 0 Å². The number of halogens is 1. The van der Waals surface area contributed by atoms with Gasteiger partial charge in [0.25, 0.3) is 0 Å². The molecule has 0 saturated heterocycles. The number of nitrogens with two attached hydrogens (primary N) is 1. The SMILES string of the molecule is CC1CCC([C@H](N)c2nc3c(F)c(CC(=O)N(C)C)ccc3[nH]2)CC1. The average molecular weight is 346 g/mol. The molecule has 1 aliphatic carbocycles. The fraction of sp³-hybridized carbons (Fsp3) is 0.579. The van der Waals surface area contributed by atoms with Crippen molar-refractivity contribution in [2.24, 2.45) is 17.6 Å². The van der Waals surface area contributed by atoms with E-state index in [1.165, 1.54) is 17.7 Å². The van der Waals surface area contributed by atoms with Gasteiger partial charge < -0.3 is 15.6 Å². The fourth-order valence-corrected chi connectivity index (χ4v) is 3.59. The summed E-state index contributed by atoms with van der Waals surface area (Å²) < 4.78 is 14.8. The largest absolute Gasteiger partial charge is 0.349 e. The number of aromatic amines is 1. The number of aromatic nitrogens is 2. The lowest BCUT2D eigenvalue weighted by molar-refractivity contribution is -0.128. The topological polar surface area (TPSA) is 75.0 Å². The van der Waals surface area contributed by atoms with Crippen LogP contribution in [-0.4, -0.2) is 34.9 Å². The minimum Gasteiger partial charge on any atom is -0.349 e. The molecule has 1 saturated carbocycles. The second-order valence-electron chi connectivity index (χ2n) is 7.57. The number of nitrogens with one attached hydrogen (secondary N) is 1. The molecule has 1 atom stereocenters. The first kappa shape index (κ1) is 17.9. The third-order valence-corrected chi connectivity index (χ3v) is 5.42. The molecule has 25 heavy (non-hydrogen) atoms. The Morgan fingerprint density at radius 1 is 1.36 bits per heavy atom. The van der Waals surface area contributed by atoms with Gasteiger partial charge in [-0.25, -0.2) is 9.37 Å². The predicted molar refractivity (Wildman–Crippen MR) is 96.5 cm³/mol. The third kappa shape index (κ3) is 3.68. The average Bonchev–Trinajstić information content (AvgIpc) is 3.02. The van der Waals surface area contributed by atoms with Crippen LogP contribution < -0.4 is 5.73 Å². The van der Waals surface area contributed by atoms with Gasteiger partial charge in [0.1, 0.15) is 11.3 Å². The molecule has 0 radical (unpaired) electrons. The maximum atomic E-state index is 14.8. The Labute approximate surface area is 147 Å². The van der Waals surface area contributed by atoms with Crippen molar-refractivity contribution < 1.29 is 9.18 Å². The van der Waals surface area contributed by atoms with Gasteiger partial charge in [-0.05, 0) is 36.3 Å². The van der Waals surface area contributed by atoms with Crippen molar-refractivity contribution in [3.05, 3.63) is 29.3 Å². The number of carbonyl (C=O) groups excluding carboxylic acids is 1. The summed E-state index contributed by atoms with van der Waals surface area (Å²) in [7, 11) is 3.32. The van der Waals surface area contributed by atoms with Crippen molar-refractivity contribution in [2.45, 2.75) is 45.1 Å². The Morgan fingerprint density at radius 2 is 2.04 bits per heavy atom. The second kappa shape index (κ2) is 7.12. The zero-order chi connectivity index (χ0) is 18.1. The highest BCUT2D eigenvalue weighted by Crippen LogP contribution is 2.35. The molecular formula is C19H27FN4O. The molecule has 3 rings (SSSR count). The van der Waals surface area contributed by atoms with Crippen molar-refractivity contribution in [2.75, 3.05) is 14.1 Å². The molecule has 3 N–H and O–H groups in total. The molecule has 1 aromatic carbocycles. The summed E-state index contributed by atoms with van der Waals surface area (Å²) in [4.78, 5) is 20.9. The summed E-state index contributed by atoms with van der Waals surface area (Å²) in [5.74, 6) is 1.22. The highest BCUT2D eigenvalue weighted by atomic mass is 19.1. The van der Waals surface area contributed by atoms with E-state index in [0.717, 1.165) is 18.8 Å². The molecule has 6 heteroatoms. The molecular weight excluding hydrogens is 319 g/mol. The maximum Gasteiger partial charge on any atom is 0.226 e. The minimum atomic E-state index is -0.431. The van der Waals surface area contributed by atoms with E-state index in [1.54, 1.807) is 26.2 Å². The van der Waals surface area contributed by atoms with Crippen LogP contribution in [0.25, 0.3) is 11.0 Å². The zero-order valence-electron chi connectivity index (χ0n) is 15.2. The van der Waals surface area contributed by atoms with Gasteiger partial charge in [-0.1, -0.05) is 25.8 Å². The molecule has 1 aromatic heterocycles. The molecule has 1 heterocycles. The van der Waals surface area contributed by atoms with Crippen LogP contribution >= 0.6 is 0 Å². The van der Waals surface area contributed by atoms with E-state index in [2.05, 4.69) is 16.9 Å². The van der Waals surface area contributed by atoms with Crippen LogP contribution in [0.2, 0.25) is 0 Å². The number of amides is 1. The Balaban J connectivity index is 1.84. The monoisotopic (exact) mass is 346 g/mol. The van der Waals surface area contributed by atoms with E-state index in [1.807, 2.05) is 0 Å². The number of benzene rings is 1. The van der Waals surface area contributed by atoms with Gasteiger partial charge in [0, 0.05) is 14.1 Å². The summed E-state index contributed by atoms with van der Waals surface area (Å²) in [6.07, 6.45) is 4.58. The number of nitrogens with zero attached hydrogens (tertiary/aromatic N) is 2. The van der Waals surface area contributed by atoms with Crippen molar-refractivity contribution in [3.63, 3.8) is 0 Å². The van der Waals surface area contributed by atoms with E-state index >= 15 is 0 Å². The molecule has 1 amide bonds. The van der Waals surface area contributed by atoms with Crippen LogP contribution in [0, 0.1) is 17.7 Å². The number of likely N-dealkylation sites (N-methyl/N-ethyl adjacent to an activating group) is 1. The van der Waals surface area contributed by atoms with Gasteiger partial charge in [-0.3, -0.25) is 4.79 Å². The van der Waals surface area contributed by atoms with Crippen molar-refractivity contribution in [3.8, 4) is 0 Å². The first-order valence-electron chi connectivity index (χ1n) is 8.99. The number of carbonyl (C=O) groups is 1. The van der Waals surface area contributed by atoms with Gasteiger partial charge in [-0.2, -0.15) is 0 Å². The molecule has 1 fully saturated rings. The minimum absolute atomic E-state index is 0.0313. The van der Waals surface area contributed by atoms with E-state index < -0.39 is 5.82 Å². The Hall–Kier alpha value is -1.95. The van der Waals surface area contributed by atoms with Gasteiger partial charge in [0.05, 0.1) is 18.0 Å². The molecule has 0 spiro atoms. The van der Waals surface area contributed by atoms with Gasteiger partial charge in [-0.15, -0.1) is 0 Å². The molecule has 136 valence electrons. The zero-order valence-corrected chi connectivity index (χ0v) is 15.2. The van der Waals surface area contributed by atoms with Crippen molar-refractivity contribution >= 4 is 16.9 Å². The number of hydrogen-bond acceptors (Lipinski definition) is 3. The lowest BCUT2D eigenvalue weighted by Gasteiger charge is -2.29. The summed E-state index contributed by atoms with van der Waals surface area (Å²) >= 11 is 0. The van der Waals surface area contributed by atoms with Crippen LogP contribution in [0.15, 0.2) is 12.1 Å². The van der Waals surface area contributed by atoms with Gasteiger partial charge >= 0.3 is 0 Å². The molecule has 5 nitrogen and oxygen atoms in total. The normalized spacial score (nSPS) is 22.1. The smallest absolute Gasteiger partial charge is 0.226 e. The van der Waals surface area contributed by atoms with E-state index in [9.17, 15) is 9.18 Å². The molecule has 0 unspecified atom stereocenters. The highest BCUT2D eigenvalue weighted by Gasteiger charge is 2.27. The van der Waals surface area contributed by atoms with E-state index in [-0.39, 0.29) is 23.9 Å². The fourth-order valence-electron chi connectivity index (χ4n) is 3.59. The second-order valence-corrected chi connectivity index (χ2v) is 7.57. The van der Waals surface area contributed by atoms with Crippen LogP contribution in [0.5, 0.6) is 0 Å². The summed E-state index contributed by atoms with van der Waals surface area (Å²) in [6, 6.07) is 3.23. The number of imidazole rings is 1. The molecule has 2 aromatic rings. The van der Waals surface area contributed by atoms with Crippen molar-refractivity contribution in [1.29, 1.82) is 0 Å². The Kier molecular flexibility index (Phi) is 5.08. The lowest BCUT2D eigenvalue weighted by atomic mass is 9.79. The molecule has 0 aliphatic heterocycles. The van der Waals surface area contributed by atoms with Crippen molar-refractivity contribution in [1.82, 2.24) is 14.9 Å². The summed E-state index contributed by atoms with van der Waals surface area (Å²) in [5.41, 5.74) is 7.68. The first-order chi connectivity index (χ1) is 11.9. The summed E-state index contributed by atoms with van der Waals surface area (Å²) in [6.45, 7) is 2.27.